The summed E-state index contributed by atoms with van der Waals surface area (Å²) in [6, 6.07) is 0. The predicted octanol–water partition coefficient (Wildman–Crippen LogP) is 4.48. The van der Waals surface area contributed by atoms with Crippen LogP contribution in [-0.2, 0) is 0 Å². The number of halogens is 5. The number of nitrogens with zero attached hydrogens (tertiary/aromatic N) is 1. The second-order valence-electron chi connectivity index (χ2n) is 2.99. The molecule has 1 rings (SSSR count). The van der Waals surface area contributed by atoms with E-state index in [9.17, 15) is 22.0 Å². The number of aromatic nitrogens is 1. The molecule has 0 N–H and O–H groups in total. The first-order valence-corrected chi connectivity index (χ1v) is 5.48. The van der Waals surface area contributed by atoms with Crippen molar-refractivity contribution in [3.05, 3.63) is 23.4 Å². The maximum Gasteiger partial charge on any atom is 0.301 e. The topological polar surface area (TPSA) is 26.0 Å². The maximum absolute atomic E-state index is 12.4. The molecule has 0 saturated carbocycles. The molecular formula is C9H8F5NOS. The second-order valence-corrected chi connectivity index (χ2v) is 4.04. The van der Waals surface area contributed by atoms with Crippen molar-refractivity contribution in [2.24, 2.45) is 0 Å². The van der Waals surface area contributed by atoms with Crippen molar-refractivity contribution >= 4 is 11.8 Å². The van der Waals surface area contributed by atoms with E-state index in [0.29, 0.717) is 0 Å². The van der Waals surface area contributed by atoms with E-state index in [-0.39, 0.29) is 16.7 Å². The van der Waals surface area contributed by atoms with Gasteiger partial charge in [0.2, 0.25) is 0 Å². The first-order chi connectivity index (χ1) is 7.91. The highest BCUT2D eigenvalue weighted by molar-refractivity contribution is 7.99. The van der Waals surface area contributed by atoms with Gasteiger partial charge in [-0.15, -0.1) is 0 Å². The molecule has 17 heavy (non-hydrogen) atoms. The molecule has 0 aromatic carbocycles. The van der Waals surface area contributed by atoms with Crippen LogP contribution in [0.25, 0.3) is 0 Å². The number of allylic oxidation sites excluding steroid dienone is 1. The Labute approximate surface area is 97.9 Å². The van der Waals surface area contributed by atoms with Crippen LogP contribution >= 0.6 is 11.8 Å². The number of oxazole rings is 1. The number of alkyl halides is 2. The summed E-state index contributed by atoms with van der Waals surface area (Å²) < 4.78 is 65.0. The molecule has 0 atom stereocenters. The van der Waals surface area contributed by atoms with Crippen molar-refractivity contribution in [1.29, 1.82) is 0 Å². The smallest absolute Gasteiger partial charge is 0.301 e. The van der Waals surface area contributed by atoms with E-state index in [1.807, 2.05) is 0 Å². The van der Waals surface area contributed by atoms with E-state index in [1.54, 1.807) is 0 Å². The molecule has 0 aliphatic carbocycles. The summed E-state index contributed by atoms with van der Waals surface area (Å²) >= 11 is 0.800. The summed E-state index contributed by atoms with van der Waals surface area (Å²) in [6.07, 6.45) is -5.66. The molecule has 0 saturated heterocycles. The molecule has 0 fully saturated rings. The van der Waals surface area contributed by atoms with Gasteiger partial charge in [-0.2, -0.15) is 8.78 Å². The molecule has 1 heterocycles. The SMILES string of the molecule is Cc1nc(SCCC(F)=C(F)F)oc1C(F)F. The highest BCUT2D eigenvalue weighted by Gasteiger charge is 2.18. The van der Waals surface area contributed by atoms with Gasteiger partial charge in [-0.25, -0.2) is 18.2 Å². The molecule has 8 heteroatoms. The van der Waals surface area contributed by atoms with Gasteiger partial charge in [0.1, 0.15) is 0 Å². The van der Waals surface area contributed by atoms with Crippen LogP contribution in [-0.4, -0.2) is 10.7 Å². The molecule has 0 amide bonds. The fraction of sp³-hybridized carbons (Fsp3) is 0.444. The van der Waals surface area contributed by atoms with Crippen molar-refractivity contribution in [2.45, 2.75) is 25.0 Å². The summed E-state index contributed by atoms with van der Waals surface area (Å²) in [4.78, 5) is 3.66. The van der Waals surface area contributed by atoms with Crippen LogP contribution in [0.4, 0.5) is 22.0 Å². The highest BCUT2D eigenvalue weighted by Crippen LogP contribution is 2.29. The van der Waals surface area contributed by atoms with Gasteiger partial charge in [-0.05, 0) is 6.92 Å². The number of hydrogen-bond donors (Lipinski definition) is 0. The Hall–Kier alpha value is -1.05. The average molecular weight is 273 g/mol. The highest BCUT2D eigenvalue weighted by atomic mass is 32.2. The van der Waals surface area contributed by atoms with Gasteiger partial charge >= 0.3 is 6.08 Å². The monoisotopic (exact) mass is 273 g/mol. The number of hydrogen-bond acceptors (Lipinski definition) is 3. The van der Waals surface area contributed by atoms with Crippen molar-refractivity contribution < 1.29 is 26.4 Å². The Morgan fingerprint density at radius 3 is 2.47 bits per heavy atom. The van der Waals surface area contributed by atoms with Crippen molar-refractivity contribution in [1.82, 2.24) is 4.98 Å². The fourth-order valence-electron chi connectivity index (χ4n) is 0.969. The van der Waals surface area contributed by atoms with E-state index >= 15 is 0 Å². The Morgan fingerprint density at radius 2 is 2.00 bits per heavy atom. The molecular weight excluding hydrogens is 265 g/mol. The summed E-state index contributed by atoms with van der Waals surface area (Å²) in [5.41, 5.74) is 0.0372. The zero-order valence-electron chi connectivity index (χ0n) is 8.65. The van der Waals surface area contributed by atoms with Gasteiger partial charge in [-0.1, -0.05) is 11.8 Å². The third-order valence-electron chi connectivity index (χ3n) is 1.76. The summed E-state index contributed by atoms with van der Waals surface area (Å²) in [5.74, 6) is -2.14. The van der Waals surface area contributed by atoms with Crippen molar-refractivity contribution in [3.8, 4) is 0 Å². The summed E-state index contributed by atoms with van der Waals surface area (Å²) in [5, 5.41) is -0.0788. The lowest BCUT2D eigenvalue weighted by molar-refractivity contribution is 0.115. The Kier molecular flexibility index (Phi) is 4.98. The lowest BCUT2D eigenvalue weighted by Crippen LogP contribution is -1.83. The van der Waals surface area contributed by atoms with Gasteiger partial charge in [0.25, 0.3) is 11.6 Å². The first-order valence-electron chi connectivity index (χ1n) is 4.49. The lowest BCUT2D eigenvalue weighted by atomic mass is 10.4. The minimum atomic E-state index is -2.78. The van der Waals surface area contributed by atoms with E-state index < -0.39 is 30.5 Å². The van der Waals surface area contributed by atoms with Crippen LogP contribution in [0.15, 0.2) is 21.5 Å². The number of thioether (sulfide) groups is 1. The maximum atomic E-state index is 12.4. The van der Waals surface area contributed by atoms with E-state index in [0.717, 1.165) is 11.8 Å². The Morgan fingerprint density at radius 1 is 1.35 bits per heavy atom. The molecule has 96 valence electrons. The Bertz CT molecular complexity index is 414. The van der Waals surface area contributed by atoms with Crippen LogP contribution in [0.1, 0.15) is 24.3 Å². The Balaban J connectivity index is 2.53. The molecule has 0 radical (unpaired) electrons. The molecule has 1 aromatic rings. The standard InChI is InChI=1S/C9H8F5NOS/c1-4-6(8(13)14)16-9(15-4)17-3-2-5(10)7(11)12/h8H,2-3H2,1H3. The van der Waals surface area contributed by atoms with Gasteiger partial charge in [0, 0.05) is 12.2 Å². The minimum absolute atomic E-state index is 0.0372. The number of rotatable bonds is 5. The summed E-state index contributed by atoms with van der Waals surface area (Å²) in [7, 11) is 0. The van der Waals surface area contributed by atoms with Crippen LogP contribution in [0.2, 0.25) is 0 Å². The first kappa shape index (κ1) is 14.0. The van der Waals surface area contributed by atoms with Gasteiger partial charge < -0.3 is 4.42 Å². The largest absolute Gasteiger partial charge is 0.430 e. The van der Waals surface area contributed by atoms with E-state index in [1.165, 1.54) is 6.92 Å². The molecule has 2 nitrogen and oxygen atoms in total. The van der Waals surface area contributed by atoms with Gasteiger partial charge in [0.15, 0.2) is 11.6 Å². The van der Waals surface area contributed by atoms with Crippen LogP contribution in [0, 0.1) is 6.92 Å². The predicted molar refractivity (Wildman–Crippen MR) is 51.9 cm³/mol. The third kappa shape index (κ3) is 4.03. The number of aryl methyl sites for hydroxylation is 1. The molecule has 1 aromatic heterocycles. The van der Waals surface area contributed by atoms with Crippen molar-refractivity contribution in [2.75, 3.05) is 5.75 Å². The zero-order valence-corrected chi connectivity index (χ0v) is 9.46. The van der Waals surface area contributed by atoms with Crippen LogP contribution in [0.5, 0.6) is 0 Å². The quantitative estimate of drug-likeness (QED) is 0.584. The van der Waals surface area contributed by atoms with E-state index in [2.05, 4.69) is 4.98 Å². The zero-order chi connectivity index (χ0) is 13.0. The normalized spacial score (nSPS) is 11.0. The van der Waals surface area contributed by atoms with Gasteiger partial charge in [0.05, 0.1) is 5.69 Å². The molecule has 0 aliphatic rings. The third-order valence-corrected chi connectivity index (χ3v) is 2.59. The second kappa shape index (κ2) is 6.04. The minimum Gasteiger partial charge on any atom is -0.430 e. The fourth-order valence-corrected chi connectivity index (χ4v) is 1.78. The van der Waals surface area contributed by atoms with Crippen LogP contribution in [0.3, 0.4) is 0 Å². The van der Waals surface area contributed by atoms with E-state index in [4.69, 9.17) is 4.42 Å². The average Bonchev–Trinajstić information content (AvgIpc) is 2.59. The van der Waals surface area contributed by atoms with Gasteiger partial charge in [-0.3, -0.25) is 0 Å². The molecule has 0 bridgehead atoms. The van der Waals surface area contributed by atoms with Crippen molar-refractivity contribution in [3.63, 3.8) is 0 Å². The lowest BCUT2D eigenvalue weighted by Gasteiger charge is -1.95. The summed E-state index contributed by atoms with van der Waals surface area (Å²) in [6.45, 7) is 1.34. The molecule has 0 aliphatic heterocycles. The van der Waals surface area contributed by atoms with Crippen LogP contribution < -0.4 is 0 Å². The molecule has 0 spiro atoms. The molecule has 0 unspecified atom stereocenters.